The van der Waals surface area contributed by atoms with E-state index in [1.807, 2.05) is 31.2 Å². The Balaban J connectivity index is 1.74. The van der Waals surface area contributed by atoms with Crippen molar-refractivity contribution in [2.24, 2.45) is 0 Å². The van der Waals surface area contributed by atoms with Crippen LogP contribution in [-0.2, 0) is 25.4 Å². The molecule has 1 atom stereocenters. The van der Waals surface area contributed by atoms with Crippen LogP contribution in [0.5, 0.6) is 0 Å². The first-order valence-electron chi connectivity index (χ1n) is 8.98. The van der Waals surface area contributed by atoms with Gasteiger partial charge in [-0.1, -0.05) is 25.1 Å². The quantitative estimate of drug-likeness (QED) is 0.489. The zero-order valence-corrected chi connectivity index (χ0v) is 15.4. The number of hydrogen-bond acceptors (Lipinski definition) is 5. The zero-order valence-electron chi connectivity index (χ0n) is 15.4. The normalized spacial score (nSPS) is 12.0. The van der Waals surface area contributed by atoms with E-state index in [9.17, 15) is 14.7 Å². The lowest BCUT2D eigenvalue weighted by atomic mass is 10.1. The molecule has 1 amide bonds. The summed E-state index contributed by atoms with van der Waals surface area (Å²) in [6.45, 7) is 3.89. The summed E-state index contributed by atoms with van der Waals surface area (Å²) in [6.07, 6.45) is 2.07. The molecule has 0 aliphatic rings. The van der Waals surface area contributed by atoms with Crippen LogP contribution in [0, 0.1) is 0 Å². The molecule has 1 heterocycles. The van der Waals surface area contributed by atoms with Gasteiger partial charge in [-0.2, -0.15) is 0 Å². The van der Waals surface area contributed by atoms with Crippen molar-refractivity contribution in [1.82, 2.24) is 10.3 Å². The molecule has 0 spiro atoms. The van der Waals surface area contributed by atoms with Gasteiger partial charge in [-0.25, -0.2) is 9.59 Å². The smallest absolute Gasteiger partial charge is 0.407 e. The topological polar surface area (TPSA) is 110 Å². The Morgan fingerprint density at radius 3 is 2.56 bits per heavy atom. The number of carbonyl (C=O) groups excluding carboxylic acids is 1. The molecule has 0 radical (unpaired) electrons. The molecule has 8 heteroatoms. The molecule has 0 fully saturated rings. The summed E-state index contributed by atoms with van der Waals surface area (Å²) >= 11 is 0. The van der Waals surface area contributed by atoms with Crippen molar-refractivity contribution in [2.45, 2.75) is 25.8 Å². The number of para-hydroxylation sites is 1. The molecular weight excluding hydrogens is 352 g/mol. The third kappa shape index (κ3) is 6.92. The maximum Gasteiger partial charge on any atom is 0.407 e. The highest BCUT2D eigenvalue weighted by Gasteiger charge is 2.22. The highest BCUT2D eigenvalue weighted by molar-refractivity contribution is 5.85. The molecule has 2 aromatic rings. The minimum atomic E-state index is -1.12. The number of fused-ring (bicyclic) bond motifs is 1. The second kappa shape index (κ2) is 11.2. The molecule has 0 aliphatic carbocycles. The lowest BCUT2D eigenvalue weighted by Crippen LogP contribution is -2.42. The first kappa shape index (κ1) is 20.7. The van der Waals surface area contributed by atoms with Gasteiger partial charge < -0.3 is 29.6 Å². The average molecular weight is 378 g/mol. The van der Waals surface area contributed by atoms with E-state index in [0.29, 0.717) is 19.8 Å². The van der Waals surface area contributed by atoms with Crippen molar-refractivity contribution in [3.05, 3.63) is 36.0 Å². The summed E-state index contributed by atoms with van der Waals surface area (Å²) < 4.78 is 15.5. The highest BCUT2D eigenvalue weighted by Crippen LogP contribution is 2.19. The van der Waals surface area contributed by atoms with E-state index in [1.54, 1.807) is 6.20 Å². The van der Waals surface area contributed by atoms with Gasteiger partial charge in [0.1, 0.15) is 12.6 Å². The molecule has 0 saturated carbocycles. The Morgan fingerprint density at radius 2 is 1.81 bits per heavy atom. The van der Waals surface area contributed by atoms with Crippen LogP contribution < -0.4 is 5.32 Å². The summed E-state index contributed by atoms with van der Waals surface area (Å²) in [5.41, 5.74) is 1.73. The largest absolute Gasteiger partial charge is 0.480 e. The van der Waals surface area contributed by atoms with E-state index in [4.69, 9.17) is 14.2 Å². The third-order valence-corrected chi connectivity index (χ3v) is 3.87. The Kier molecular flexibility index (Phi) is 8.60. The van der Waals surface area contributed by atoms with Gasteiger partial charge in [0.15, 0.2) is 0 Å². The van der Waals surface area contributed by atoms with Crippen molar-refractivity contribution in [2.75, 3.05) is 33.0 Å². The van der Waals surface area contributed by atoms with E-state index in [-0.39, 0.29) is 19.6 Å². The Morgan fingerprint density at radius 1 is 1.11 bits per heavy atom. The Bertz CT molecular complexity index is 730. The molecule has 3 N–H and O–H groups in total. The monoisotopic (exact) mass is 378 g/mol. The number of hydrogen-bond donors (Lipinski definition) is 3. The summed E-state index contributed by atoms with van der Waals surface area (Å²) in [5.74, 6) is -1.12. The van der Waals surface area contributed by atoms with Gasteiger partial charge in [0, 0.05) is 30.1 Å². The Hall–Kier alpha value is -2.58. The molecule has 0 bridgehead atoms. The van der Waals surface area contributed by atoms with Crippen LogP contribution in [0.1, 0.15) is 18.9 Å². The number of H-pyrrole nitrogens is 1. The first-order chi connectivity index (χ1) is 13.1. The van der Waals surface area contributed by atoms with Gasteiger partial charge >= 0.3 is 12.1 Å². The van der Waals surface area contributed by atoms with Crippen LogP contribution in [0.2, 0.25) is 0 Å². The second-order valence-corrected chi connectivity index (χ2v) is 5.96. The molecule has 8 nitrogen and oxygen atoms in total. The molecule has 0 saturated heterocycles. The fraction of sp³-hybridized carbons (Fsp3) is 0.474. The van der Waals surface area contributed by atoms with Gasteiger partial charge in [0.2, 0.25) is 0 Å². The number of benzene rings is 1. The number of carboxylic acid groups (broad SMARTS) is 1. The number of aromatic nitrogens is 1. The van der Waals surface area contributed by atoms with Crippen LogP contribution >= 0.6 is 0 Å². The fourth-order valence-electron chi connectivity index (χ4n) is 2.56. The minimum absolute atomic E-state index is 0.0407. The lowest BCUT2D eigenvalue weighted by molar-refractivity contribution is -0.139. The number of nitrogens with one attached hydrogen (secondary N) is 2. The highest BCUT2D eigenvalue weighted by atomic mass is 16.6. The van der Waals surface area contributed by atoms with Crippen LogP contribution in [0.25, 0.3) is 10.9 Å². The number of aliphatic carboxylic acids is 1. The fourth-order valence-corrected chi connectivity index (χ4v) is 2.56. The zero-order chi connectivity index (χ0) is 19.5. The summed E-state index contributed by atoms with van der Waals surface area (Å²) in [6, 6.07) is 6.50. The number of rotatable bonds is 12. The van der Waals surface area contributed by atoms with E-state index in [0.717, 1.165) is 22.9 Å². The standard InChI is InChI=1S/C19H26N2O6/c1-2-7-25-8-9-26-10-11-27-19(24)21-17(18(22)23)12-14-13-20-16-6-4-3-5-15(14)16/h3-6,13,17,20H,2,7-12H2,1H3,(H,21,24)(H,22,23). The molecule has 2 rings (SSSR count). The minimum Gasteiger partial charge on any atom is -0.480 e. The van der Waals surface area contributed by atoms with E-state index in [2.05, 4.69) is 10.3 Å². The molecule has 0 aliphatic heterocycles. The number of aromatic amines is 1. The lowest BCUT2D eigenvalue weighted by Gasteiger charge is -2.14. The van der Waals surface area contributed by atoms with E-state index >= 15 is 0 Å². The number of carbonyl (C=O) groups is 2. The van der Waals surface area contributed by atoms with Crippen molar-refractivity contribution >= 4 is 23.0 Å². The summed E-state index contributed by atoms with van der Waals surface area (Å²) in [7, 11) is 0. The molecule has 148 valence electrons. The number of alkyl carbamates (subject to hydrolysis) is 1. The van der Waals surface area contributed by atoms with Gasteiger partial charge in [0.05, 0.1) is 19.8 Å². The summed E-state index contributed by atoms with van der Waals surface area (Å²) in [4.78, 5) is 26.4. The number of amides is 1. The number of ether oxygens (including phenoxy) is 3. The average Bonchev–Trinajstić information content (AvgIpc) is 3.06. The molecule has 1 aromatic heterocycles. The van der Waals surface area contributed by atoms with E-state index < -0.39 is 18.1 Å². The maximum absolute atomic E-state index is 11.8. The Labute approximate surface area is 157 Å². The maximum atomic E-state index is 11.8. The van der Waals surface area contributed by atoms with Crippen LogP contribution in [0.4, 0.5) is 4.79 Å². The predicted octanol–water partition coefficient (Wildman–Crippen LogP) is 2.33. The molecule has 1 unspecified atom stereocenters. The van der Waals surface area contributed by atoms with Gasteiger partial charge in [0.25, 0.3) is 0 Å². The van der Waals surface area contributed by atoms with Gasteiger partial charge in [-0.05, 0) is 18.1 Å². The first-order valence-corrected chi connectivity index (χ1v) is 8.98. The van der Waals surface area contributed by atoms with E-state index in [1.165, 1.54) is 0 Å². The molecule has 1 aromatic carbocycles. The summed E-state index contributed by atoms with van der Waals surface area (Å²) in [5, 5.41) is 12.7. The molecule has 27 heavy (non-hydrogen) atoms. The van der Waals surface area contributed by atoms with Crippen LogP contribution in [0.3, 0.4) is 0 Å². The van der Waals surface area contributed by atoms with Gasteiger partial charge in [-0.3, -0.25) is 0 Å². The van der Waals surface area contributed by atoms with Crippen molar-refractivity contribution in [3.8, 4) is 0 Å². The van der Waals surface area contributed by atoms with Crippen molar-refractivity contribution in [3.63, 3.8) is 0 Å². The van der Waals surface area contributed by atoms with Crippen molar-refractivity contribution < 1.29 is 28.9 Å². The number of carboxylic acids is 1. The third-order valence-electron chi connectivity index (χ3n) is 3.87. The van der Waals surface area contributed by atoms with Crippen LogP contribution in [-0.4, -0.2) is 61.2 Å². The predicted molar refractivity (Wildman–Crippen MR) is 99.8 cm³/mol. The van der Waals surface area contributed by atoms with Gasteiger partial charge in [-0.15, -0.1) is 0 Å². The van der Waals surface area contributed by atoms with Crippen molar-refractivity contribution in [1.29, 1.82) is 0 Å². The molecular formula is C19H26N2O6. The van der Waals surface area contributed by atoms with Crippen LogP contribution in [0.15, 0.2) is 30.5 Å². The second-order valence-electron chi connectivity index (χ2n) is 5.96. The SMILES string of the molecule is CCCOCCOCCOC(=O)NC(Cc1c[nH]c2ccccc12)C(=O)O.